The van der Waals surface area contributed by atoms with Gasteiger partial charge in [-0.2, -0.15) is 5.10 Å². The molecular weight excluding hydrogens is 276 g/mol. The summed E-state index contributed by atoms with van der Waals surface area (Å²) in [6, 6.07) is 11.3. The van der Waals surface area contributed by atoms with Gasteiger partial charge in [-0.1, -0.05) is 17.7 Å². The van der Waals surface area contributed by atoms with Crippen LogP contribution in [0.4, 0.5) is 0 Å². The van der Waals surface area contributed by atoms with Gasteiger partial charge in [0.25, 0.3) is 0 Å². The molecule has 5 heteroatoms. The quantitative estimate of drug-likeness (QED) is 0.737. The van der Waals surface area contributed by atoms with Crippen molar-refractivity contribution in [1.82, 2.24) is 9.78 Å². The van der Waals surface area contributed by atoms with Crippen molar-refractivity contribution in [2.45, 2.75) is 0 Å². The Bertz CT molecular complexity index is 727. The molecule has 0 saturated carbocycles. The van der Waals surface area contributed by atoms with Crippen molar-refractivity contribution in [3.05, 3.63) is 47.6 Å². The SMILES string of the molecule is COc1cc2cn(-c3cccc(Cl)c3)nc2cc1OC. The smallest absolute Gasteiger partial charge is 0.162 e. The number of aromatic nitrogens is 2. The van der Waals surface area contributed by atoms with Crippen molar-refractivity contribution < 1.29 is 9.47 Å². The summed E-state index contributed by atoms with van der Waals surface area (Å²) >= 11 is 6.01. The van der Waals surface area contributed by atoms with Crippen LogP contribution in [0.3, 0.4) is 0 Å². The normalized spacial score (nSPS) is 10.8. The molecule has 1 aromatic heterocycles. The third-order valence-corrected chi connectivity index (χ3v) is 3.32. The predicted octanol–water partition coefficient (Wildman–Crippen LogP) is 3.70. The van der Waals surface area contributed by atoms with E-state index in [1.165, 1.54) is 0 Å². The lowest BCUT2D eigenvalue weighted by molar-refractivity contribution is 0.356. The third-order valence-electron chi connectivity index (χ3n) is 3.08. The Morgan fingerprint density at radius 3 is 2.50 bits per heavy atom. The summed E-state index contributed by atoms with van der Waals surface area (Å²) in [5, 5.41) is 6.18. The van der Waals surface area contributed by atoms with Crippen LogP contribution in [0.5, 0.6) is 11.5 Å². The lowest BCUT2D eigenvalue weighted by atomic mass is 10.2. The lowest BCUT2D eigenvalue weighted by Crippen LogP contribution is -1.93. The van der Waals surface area contributed by atoms with Crippen molar-refractivity contribution in [2.75, 3.05) is 14.2 Å². The summed E-state index contributed by atoms with van der Waals surface area (Å²) in [6.45, 7) is 0. The lowest BCUT2D eigenvalue weighted by Gasteiger charge is -2.05. The van der Waals surface area contributed by atoms with Crippen LogP contribution in [0, 0.1) is 0 Å². The minimum atomic E-state index is 0.663. The summed E-state index contributed by atoms with van der Waals surface area (Å²) in [5.41, 5.74) is 1.74. The molecule has 4 nitrogen and oxygen atoms in total. The van der Waals surface area contributed by atoms with E-state index >= 15 is 0 Å². The van der Waals surface area contributed by atoms with E-state index in [1.54, 1.807) is 18.9 Å². The largest absolute Gasteiger partial charge is 0.493 e. The molecule has 0 aliphatic carbocycles. The van der Waals surface area contributed by atoms with E-state index in [4.69, 9.17) is 21.1 Å². The van der Waals surface area contributed by atoms with Crippen molar-refractivity contribution >= 4 is 22.5 Å². The maximum absolute atomic E-state index is 6.01. The van der Waals surface area contributed by atoms with Crippen LogP contribution in [0.1, 0.15) is 0 Å². The van der Waals surface area contributed by atoms with Crippen LogP contribution in [0.2, 0.25) is 5.02 Å². The molecule has 0 N–H and O–H groups in total. The van der Waals surface area contributed by atoms with E-state index in [-0.39, 0.29) is 0 Å². The minimum absolute atomic E-state index is 0.663. The molecule has 2 aromatic carbocycles. The molecule has 0 unspecified atom stereocenters. The van der Waals surface area contributed by atoms with Gasteiger partial charge in [-0.25, -0.2) is 4.68 Å². The monoisotopic (exact) mass is 288 g/mol. The van der Waals surface area contributed by atoms with E-state index in [0.717, 1.165) is 16.6 Å². The second kappa shape index (κ2) is 5.06. The average Bonchev–Trinajstić information content (AvgIpc) is 2.88. The van der Waals surface area contributed by atoms with Crippen LogP contribution in [0.15, 0.2) is 42.6 Å². The Morgan fingerprint density at radius 2 is 1.80 bits per heavy atom. The minimum Gasteiger partial charge on any atom is -0.493 e. The van der Waals surface area contributed by atoms with Crippen LogP contribution in [0.25, 0.3) is 16.6 Å². The molecule has 0 amide bonds. The summed E-state index contributed by atoms with van der Waals surface area (Å²) in [5.74, 6) is 1.35. The van der Waals surface area contributed by atoms with E-state index in [9.17, 15) is 0 Å². The zero-order chi connectivity index (χ0) is 14.1. The number of methoxy groups -OCH3 is 2. The molecule has 3 rings (SSSR count). The Balaban J connectivity index is 2.15. The molecule has 0 aliphatic heterocycles. The Labute approximate surface area is 121 Å². The van der Waals surface area contributed by atoms with Gasteiger partial charge in [0.2, 0.25) is 0 Å². The van der Waals surface area contributed by atoms with Crippen LogP contribution >= 0.6 is 11.6 Å². The second-order valence-corrected chi connectivity index (χ2v) is 4.76. The average molecular weight is 289 g/mol. The van der Waals surface area contributed by atoms with Crippen LogP contribution in [-0.4, -0.2) is 24.0 Å². The van der Waals surface area contributed by atoms with Gasteiger partial charge >= 0.3 is 0 Å². The molecule has 1 heterocycles. The highest BCUT2D eigenvalue weighted by molar-refractivity contribution is 6.30. The number of benzene rings is 2. The molecule has 102 valence electrons. The summed E-state index contributed by atoms with van der Waals surface area (Å²) < 4.78 is 12.4. The standard InChI is InChI=1S/C15H13ClN2O2/c1-19-14-6-10-9-18(12-5-3-4-11(16)7-12)17-13(10)8-15(14)20-2/h3-9H,1-2H3. The number of fused-ring (bicyclic) bond motifs is 1. The summed E-state index contributed by atoms with van der Waals surface area (Å²) in [7, 11) is 3.22. The first kappa shape index (κ1) is 12.8. The number of ether oxygens (including phenoxy) is 2. The van der Waals surface area contributed by atoms with Crippen molar-refractivity contribution in [3.8, 4) is 17.2 Å². The molecule has 0 bridgehead atoms. The third kappa shape index (κ3) is 2.18. The Hall–Kier alpha value is -2.20. The molecule has 0 aliphatic rings. The summed E-state index contributed by atoms with van der Waals surface area (Å²) in [6.07, 6.45) is 1.93. The molecule has 0 fully saturated rings. The molecule has 0 saturated heterocycles. The Morgan fingerprint density at radius 1 is 1.05 bits per heavy atom. The molecular formula is C15H13ClN2O2. The first-order valence-corrected chi connectivity index (χ1v) is 6.46. The fraction of sp³-hybridized carbons (Fsp3) is 0.133. The first-order valence-electron chi connectivity index (χ1n) is 6.08. The van der Waals surface area contributed by atoms with Crippen molar-refractivity contribution in [3.63, 3.8) is 0 Å². The van der Waals surface area contributed by atoms with Crippen molar-refractivity contribution in [2.24, 2.45) is 0 Å². The van der Waals surface area contributed by atoms with Gasteiger partial charge in [-0.05, 0) is 24.3 Å². The van der Waals surface area contributed by atoms with E-state index in [1.807, 2.05) is 42.6 Å². The first-order chi connectivity index (χ1) is 9.71. The van der Waals surface area contributed by atoms with Gasteiger partial charge in [0.05, 0.1) is 25.4 Å². The van der Waals surface area contributed by atoms with Gasteiger partial charge < -0.3 is 9.47 Å². The fourth-order valence-corrected chi connectivity index (χ4v) is 2.29. The number of rotatable bonds is 3. The number of hydrogen-bond acceptors (Lipinski definition) is 3. The van der Waals surface area contributed by atoms with Crippen molar-refractivity contribution in [1.29, 1.82) is 0 Å². The second-order valence-electron chi connectivity index (χ2n) is 4.32. The molecule has 0 spiro atoms. The highest BCUT2D eigenvalue weighted by Gasteiger charge is 2.09. The zero-order valence-electron chi connectivity index (χ0n) is 11.1. The maximum atomic E-state index is 6.01. The fourth-order valence-electron chi connectivity index (χ4n) is 2.10. The van der Waals surface area contributed by atoms with Gasteiger partial charge in [-0.15, -0.1) is 0 Å². The molecule has 3 aromatic rings. The highest BCUT2D eigenvalue weighted by atomic mass is 35.5. The number of nitrogens with zero attached hydrogens (tertiary/aromatic N) is 2. The van der Waals surface area contributed by atoms with Crippen LogP contribution < -0.4 is 9.47 Å². The van der Waals surface area contributed by atoms with E-state index < -0.39 is 0 Å². The Kier molecular flexibility index (Phi) is 3.24. The maximum Gasteiger partial charge on any atom is 0.162 e. The van der Waals surface area contributed by atoms with Crippen LogP contribution in [-0.2, 0) is 0 Å². The van der Waals surface area contributed by atoms with Gasteiger partial charge in [0, 0.05) is 22.7 Å². The summed E-state index contributed by atoms with van der Waals surface area (Å²) in [4.78, 5) is 0. The van der Waals surface area contributed by atoms with Gasteiger partial charge in [0.1, 0.15) is 0 Å². The molecule has 0 radical (unpaired) electrons. The number of hydrogen-bond donors (Lipinski definition) is 0. The number of halogens is 1. The predicted molar refractivity (Wildman–Crippen MR) is 79.2 cm³/mol. The highest BCUT2D eigenvalue weighted by Crippen LogP contribution is 2.32. The van der Waals surface area contributed by atoms with Gasteiger partial charge in [-0.3, -0.25) is 0 Å². The topological polar surface area (TPSA) is 36.3 Å². The van der Waals surface area contributed by atoms with E-state index in [0.29, 0.717) is 16.5 Å². The zero-order valence-corrected chi connectivity index (χ0v) is 11.9. The van der Waals surface area contributed by atoms with Gasteiger partial charge in [0.15, 0.2) is 11.5 Å². The molecule has 20 heavy (non-hydrogen) atoms. The van der Waals surface area contributed by atoms with E-state index in [2.05, 4.69) is 5.10 Å². The molecule has 0 atom stereocenters.